The zero-order valence-electron chi connectivity index (χ0n) is 14.5. The Labute approximate surface area is 140 Å². The molecule has 4 rings (SSSR count). The van der Waals surface area contributed by atoms with E-state index in [4.69, 9.17) is 6.42 Å². The van der Waals surface area contributed by atoms with Crippen LogP contribution in [-0.4, -0.2) is 21.9 Å². The number of allylic oxidation sites excluding steroid dienone is 1. The van der Waals surface area contributed by atoms with E-state index in [1.54, 1.807) is 0 Å². The Morgan fingerprint density at radius 1 is 1.13 bits per heavy atom. The van der Waals surface area contributed by atoms with E-state index in [9.17, 15) is 10.2 Å². The summed E-state index contributed by atoms with van der Waals surface area (Å²) in [6.45, 7) is 4.68. The van der Waals surface area contributed by atoms with Crippen molar-refractivity contribution < 1.29 is 10.2 Å². The van der Waals surface area contributed by atoms with Gasteiger partial charge in [0.2, 0.25) is 0 Å². The third-order valence-electron chi connectivity index (χ3n) is 8.47. The molecule has 0 spiro atoms. The lowest BCUT2D eigenvalue weighted by atomic mass is 9.47. The second-order valence-corrected chi connectivity index (χ2v) is 9.16. The Kier molecular flexibility index (Phi) is 3.33. The van der Waals surface area contributed by atoms with Crippen molar-refractivity contribution in [3.63, 3.8) is 0 Å². The molecule has 0 aromatic carbocycles. The molecule has 0 bridgehead atoms. The molecule has 4 aliphatic carbocycles. The lowest BCUT2D eigenvalue weighted by Gasteiger charge is -2.58. The van der Waals surface area contributed by atoms with Gasteiger partial charge in [-0.05, 0) is 74.5 Å². The lowest BCUT2D eigenvalue weighted by Crippen LogP contribution is -2.54. The van der Waals surface area contributed by atoms with Gasteiger partial charge in [0.25, 0.3) is 0 Å². The van der Waals surface area contributed by atoms with Crippen LogP contribution in [0, 0.1) is 40.9 Å². The van der Waals surface area contributed by atoms with Crippen molar-refractivity contribution in [3.8, 4) is 12.3 Å². The predicted molar refractivity (Wildman–Crippen MR) is 91.5 cm³/mol. The highest BCUT2D eigenvalue weighted by Gasteiger charge is 2.63. The van der Waals surface area contributed by atoms with Crippen molar-refractivity contribution in [2.75, 3.05) is 0 Å². The van der Waals surface area contributed by atoms with Gasteiger partial charge in [0.1, 0.15) is 5.60 Å². The number of hydrogen-bond donors (Lipinski definition) is 2. The molecule has 2 N–H and O–H groups in total. The molecule has 3 saturated carbocycles. The summed E-state index contributed by atoms with van der Waals surface area (Å²) in [5.41, 5.74) is 0.751. The average molecular weight is 314 g/mol. The highest BCUT2D eigenvalue weighted by atomic mass is 16.3. The SMILES string of the molecule is C#CC1(O)CCC2C3CC=C4CC(O)CCC4(C)C3CCC21C. The van der Waals surface area contributed by atoms with Crippen molar-refractivity contribution in [1.82, 2.24) is 0 Å². The molecule has 0 radical (unpaired) electrons. The van der Waals surface area contributed by atoms with E-state index in [1.165, 1.54) is 12.0 Å². The van der Waals surface area contributed by atoms with Crippen LogP contribution >= 0.6 is 0 Å². The largest absolute Gasteiger partial charge is 0.393 e. The Bertz CT molecular complexity index is 587. The van der Waals surface area contributed by atoms with E-state index >= 15 is 0 Å². The Morgan fingerprint density at radius 2 is 1.87 bits per heavy atom. The number of fused-ring (bicyclic) bond motifs is 5. The lowest BCUT2D eigenvalue weighted by molar-refractivity contribution is -0.0969. The van der Waals surface area contributed by atoms with Crippen LogP contribution in [0.4, 0.5) is 0 Å². The van der Waals surface area contributed by atoms with E-state index < -0.39 is 5.60 Å². The van der Waals surface area contributed by atoms with E-state index in [1.807, 2.05) is 0 Å². The second-order valence-electron chi connectivity index (χ2n) is 9.16. The molecule has 0 aromatic heterocycles. The van der Waals surface area contributed by atoms with Gasteiger partial charge < -0.3 is 10.2 Å². The minimum atomic E-state index is -0.906. The summed E-state index contributed by atoms with van der Waals surface area (Å²) in [6, 6.07) is 0. The third-order valence-corrected chi connectivity index (χ3v) is 8.47. The van der Waals surface area contributed by atoms with Gasteiger partial charge in [-0.15, -0.1) is 6.42 Å². The maximum atomic E-state index is 11.0. The molecule has 23 heavy (non-hydrogen) atoms. The number of terminal acetylenes is 1. The van der Waals surface area contributed by atoms with Crippen LogP contribution in [0.5, 0.6) is 0 Å². The first-order valence-corrected chi connectivity index (χ1v) is 9.42. The zero-order chi connectivity index (χ0) is 16.5. The molecule has 2 heteroatoms. The standard InChI is InChI=1S/C21H30O2/c1-4-21(23)12-9-18-16-6-5-14-13-15(22)7-10-19(14,2)17(16)8-11-20(18,21)3/h1,5,15-18,22-23H,6-13H2,2-3H3. The number of aliphatic hydroxyl groups is 2. The van der Waals surface area contributed by atoms with Crippen LogP contribution in [0.1, 0.15) is 65.2 Å². The van der Waals surface area contributed by atoms with Gasteiger partial charge >= 0.3 is 0 Å². The van der Waals surface area contributed by atoms with E-state index in [2.05, 4.69) is 25.8 Å². The molecule has 0 aliphatic heterocycles. The number of hydrogen-bond acceptors (Lipinski definition) is 2. The van der Waals surface area contributed by atoms with Gasteiger partial charge in [-0.25, -0.2) is 0 Å². The summed E-state index contributed by atoms with van der Waals surface area (Å²) < 4.78 is 0. The van der Waals surface area contributed by atoms with Crippen LogP contribution in [-0.2, 0) is 0 Å². The molecule has 7 atom stereocenters. The molecular weight excluding hydrogens is 284 g/mol. The van der Waals surface area contributed by atoms with Gasteiger partial charge in [-0.1, -0.05) is 31.4 Å². The van der Waals surface area contributed by atoms with Crippen LogP contribution in [0.15, 0.2) is 11.6 Å². The average Bonchev–Trinajstić information content (AvgIpc) is 2.80. The van der Waals surface area contributed by atoms with Gasteiger partial charge in [0.15, 0.2) is 0 Å². The van der Waals surface area contributed by atoms with Crippen molar-refractivity contribution in [3.05, 3.63) is 11.6 Å². The fourth-order valence-electron chi connectivity index (χ4n) is 6.89. The summed E-state index contributed by atoms with van der Waals surface area (Å²) in [7, 11) is 0. The van der Waals surface area contributed by atoms with Crippen LogP contribution in [0.25, 0.3) is 0 Å². The Hall–Kier alpha value is -0.780. The van der Waals surface area contributed by atoms with Crippen LogP contribution in [0.2, 0.25) is 0 Å². The summed E-state index contributed by atoms with van der Waals surface area (Å²) in [5.74, 6) is 4.65. The maximum Gasteiger partial charge on any atom is 0.130 e. The van der Waals surface area contributed by atoms with E-state index in [0.717, 1.165) is 44.9 Å². The number of aliphatic hydroxyl groups excluding tert-OH is 1. The summed E-state index contributed by atoms with van der Waals surface area (Å²) in [6.07, 6.45) is 16.1. The molecule has 4 aliphatic rings. The quantitative estimate of drug-likeness (QED) is 0.529. The highest BCUT2D eigenvalue weighted by molar-refractivity contribution is 5.28. The van der Waals surface area contributed by atoms with Crippen molar-refractivity contribution in [2.45, 2.75) is 76.9 Å². The Balaban J connectivity index is 1.69. The van der Waals surface area contributed by atoms with Gasteiger partial charge in [-0.3, -0.25) is 0 Å². The molecule has 0 aromatic rings. The van der Waals surface area contributed by atoms with Crippen molar-refractivity contribution in [1.29, 1.82) is 0 Å². The summed E-state index contributed by atoms with van der Waals surface area (Å²) in [5, 5.41) is 21.0. The fraction of sp³-hybridized carbons (Fsp3) is 0.810. The van der Waals surface area contributed by atoms with Crippen molar-refractivity contribution in [2.24, 2.45) is 28.6 Å². The molecule has 0 heterocycles. The van der Waals surface area contributed by atoms with Crippen LogP contribution < -0.4 is 0 Å². The number of rotatable bonds is 0. The molecule has 3 fully saturated rings. The second kappa shape index (κ2) is 4.87. The fourth-order valence-corrected chi connectivity index (χ4v) is 6.89. The molecule has 2 nitrogen and oxygen atoms in total. The van der Waals surface area contributed by atoms with Crippen molar-refractivity contribution >= 4 is 0 Å². The maximum absolute atomic E-state index is 11.0. The Morgan fingerprint density at radius 3 is 2.61 bits per heavy atom. The normalized spacial score (nSPS) is 55.2. The van der Waals surface area contributed by atoms with E-state index in [-0.39, 0.29) is 16.9 Å². The smallest absolute Gasteiger partial charge is 0.130 e. The molecule has 0 saturated heterocycles. The minimum absolute atomic E-state index is 0.112. The van der Waals surface area contributed by atoms with Gasteiger partial charge in [-0.2, -0.15) is 0 Å². The molecular formula is C21H30O2. The first-order chi connectivity index (χ1) is 10.8. The molecule has 7 unspecified atom stereocenters. The zero-order valence-corrected chi connectivity index (χ0v) is 14.5. The topological polar surface area (TPSA) is 40.5 Å². The first kappa shape index (κ1) is 15.7. The highest BCUT2D eigenvalue weighted by Crippen LogP contribution is 2.66. The third kappa shape index (κ3) is 1.90. The summed E-state index contributed by atoms with van der Waals surface area (Å²) in [4.78, 5) is 0. The van der Waals surface area contributed by atoms with Gasteiger partial charge in [0.05, 0.1) is 6.10 Å². The monoisotopic (exact) mass is 314 g/mol. The van der Waals surface area contributed by atoms with Crippen LogP contribution in [0.3, 0.4) is 0 Å². The first-order valence-electron chi connectivity index (χ1n) is 9.42. The van der Waals surface area contributed by atoms with E-state index in [0.29, 0.717) is 17.8 Å². The molecule has 0 amide bonds. The molecule has 126 valence electrons. The summed E-state index contributed by atoms with van der Waals surface area (Å²) >= 11 is 0. The minimum Gasteiger partial charge on any atom is -0.393 e. The van der Waals surface area contributed by atoms with Gasteiger partial charge in [0, 0.05) is 5.41 Å². The predicted octanol–water partition coefficient (Wildman–Crippen LogP) is 3.67.